The molecule has 1 N–H and O–H groups in total. The summed E-state index contributed by atoms with van der Waals surface area (Å²) in [5.74, 6) is -0.444. The number of hydrogen-bond acceptors (Lipinski definition) is 6. The van der Waals surface area contributed by atoms with E-state index in [-0.39, 0.29) is 36.4 Å². The standard InChI is InChI=1S/C21H17F2N5O3/c1-13-17(11-30-16-8-6-15(22)7-9-16)19(27-31-13)20(29)25-21-24-12-28(26-21)10-14-4-2-3-5-18(14)23/h2-9,12H,10-11H2,1H3,(H,25,26,29). The van der Waals surface area contributed by atoms with E-state index in [1.807, 2.05) is 0 Å². The van der Waals surface area contributed by atoms with E-state index in [1.54, 1.807) is 25.1 Å². The second kappa shape index (κ2) is 8.74. The maximum atomic E-state index is 13.8. The van der Waals surface area contributed by atoms with Crippen LogP contribution in [0.5, 0.6) is 5.75 Å². The summed E-state index contributed by atoms with van der Waals surface area (Å²) in [5.41, 5.74) is 0.898. The lowest BCUT2D eigenvalue weighted by Gasteiger charge is -2.06. The second-order valence-corrected chi connectivity index (χ2v) is 6.62. The number of rotatable bonds is 7. The zero-order valence-corrected chi connectivity index (χ0v) is 16.4. The third-order valence-electron chi connectivity index (χ3n) is 4.45. The van der Waals surface area contributed by atoms with Crippen LogP contribution in [0.15, 0.2) is 59.4 Å². The van der Waals surface area contributed by atoms with Crippen molar-refractivity contribution in [2.24, 2.45) is 0 Å². The van der Waals surface area contributed by atoms with Crippen molar-refractivity contribution in [3.8, 4) is 5.75 Å². The largest absolute Gasteiger partial charge is 0.489 e. The van der Waals surface area contributed by atoms with Gasteiger partial charge in [-0.3, -0.25) is 10.1 Å². The summed E-state index contributed by atoms with van der Waals surface area (Å²) in [6, 6.07) is 11.8. The van der Waals surface area contributed by atoms with E-state index in [0.29, 0.717) is 22.6 Å². The Balaban J connectivity index is 1.43. The lowest BCUT2D eigenvalue weighted by atomic mass is 10.2. The molecule has 2 aromatic carbocycles. The summed E-state index contributed by atoms with van der Waals surface area (Å²) in [7, 11) is 0. The van der Waals surface area contributed by atoms with Gasteiger partial charge in [-0.25, -0.2) is 18.4 Å². The summed E-state index contributed by atoms with van der Waals surface area (Å²) in [6.07, 6.45) is 1.38. The maximum absolute atomic E-state index is 13.8. The van der Waals surface area contributed by atoms with E-state index in [2.05, 4.69) is 20.6 Å². The Morgan fingerprint density at radius 2 is 1.94 bits per heavy atom. The molecule has 0 radical (unpaired) electrons. The number of hydrogen-bond donors (Lipinski definition) is 1. The predicted molar refractivity (Wildman–Crippen MR) is 105 cm³/mol. The van der Waals surface area contributed by atoms with Crippen molar-refractivity contribution in [3.63, 3.8) is 0 Å². The molecule has 4 aromatic rings. The summed E-state index contributed by atoms with van der Waals surface area (Å²) in [6.45, 7) is 1.81. The number of aromatic nitrogens is 4. The SMILES string of the molecule is Cc1onc(C(=O)Nc2ncn(Cc3ccccc3F)n2)c1COc1ccc(F)cc1. The van der Waals surface area contributed by atoms with Crippen LogP contribution in [0.4, 0.5) is 14.7 Å². The number of carbonyl (C=O) groups excluding carboxylic acids is 1. The zero-order chi connectivity index (χ0) is 21.8. The van der Waals surface area contributed by atoms with Gasteiger partial charge in [0, 0.05) is 5.56 Å². The van der Waals surface area contributed by atoms with Crippen LogP contribution in [-0.2, 0) is 13.2 Å². The Morgan fingerprint density at radius 3 is 2.71 bits per heavy atom. The third kappa shape index (κ3) is 4.74. The van der Waals surface area contributed by atoms with Crippen LogP contribution in [0.1, 0.15) is 27.4 Å². The molecule has 0 aliphatic rings. The van der Waals surface area contributed by atoms with Crippen molar-refractivity contribution >= 4 is 11.9 Å². The average molecular weight is 425 g/mol. The van der Waals surface area contributed by atoms with E-state index in [1.165, 1.54) is 41.3 Å². The fraction of sp³-hybridized carbons (Fsp3) is 0.143. The van der Waals surface area contributed by atoms with Crippen molar-refractivity contribution in [2.75, 3.05) is 5.32 Å². The highest BCUT2D eigenvalue weighted by atomic mass is 19.1. The van der Waals surface area contributed by atoms with Gasteiger partial charge in [0.15, 0.2) is 5.69 Å². The van der Waals surface area contributed by atoms with E-state index >= 15 is 0 Å². The minimum absolute atomic E-state index is 0.00112. The van der Waals surface area contributed by atoms with Gasteiger partial charge in [0.25, 0.3) is 5.91 Å². The maximum Gasteiger partial charge on any atom is 0.280 e. The van der Waals surface area contributed by atoms with Gasteiger partial charge in [-0.05, 0) is 37.3 Å². The first-order valence-electron chi connectivity index (χ1n) is 9.27. The van der Waals surface area contributed by atoms with Crippen LogP contribution in [-0.4, -0.2) is 25.8 Å². The molecule has 0 bridgehead atoms. The van der Waals surface area contributed by atoms with Gasteiger partial charge in [0.05, 0.1) is 12.1 Å². The van der Waals surface area contributed by atoms with Crippen LogP contribution in [0.25, 0.3) is 0 Å². The Kier molecular flexibility index (Phi) is 5.69. The number of ether oxygens (including phenoxy) is 1. The summed E-state index contributed by atoms with van der Waals surface area (Å²) in [4.78, 5) is 16.7. The fourth-order valence-corrected chi connectivity index (χ4v) is 2.82. The minimum atomic E-state index is -0.585. The van der Waals surface area contributed by atoms with Gasteiger partial charge in [-0.15, -0.1) is 5.10 Å². The number of nitrogens with zero attached hydrogens (tertiary/aromatic N) is 4. The molecule has 0 saturated heterocycles. The highest BCUT2D eigenvalue weighted by Gasteiger charge is 2.21. The summed E-state index contributed by atoms with van der Waals surface area (Å²) >= 11 is 0. The Labute approximate surface area is 175 Å². The molecule has 4 rings (SSSR count). The minimum Gasteiger partial charge on any atom is -0.489 e. The van der Waals surface area contributed by atoms with Crippen LogP contribution in [0, 0.1) is 18.6 Å². The van der Waals surface area contributed by atoms with E-state index in [0.717, 1.165) is 0 Å². The molecule has 0 saturated carbocycles. The van der Waals surface area contributed by atoms with E-state index in [9.17, 15) is 13.6 Å². The Hall–Kier alpha value is -4.08. The van der Waals surface area contributed by atoms with E-state index < -0.39 is 5.91 Å². The molecule has 0 fully saturated rings. The monoisotopic (exact) mass is 425 g/mol. The quantitative estimate of drug-likeness (QED) is 0.485. The number of nitrogens with one attached hydrogen (secondary N) is 1. The predicted octanol–water partition coefficient (Wildman–Crippen LogP) is 3.73. The van der Waals surface area contributed by atoms with E-state index in [4.69, 9.17) is 9.26 Å². The molecule has 8 nitrogen and oxygen atoms in total. The second-order valence-electron chi connectivity index (χ2n) is 6.62. The molecule has 0 atom stereocenters. The first kappa shape index (κ1) is 20.2. The number of benzene rings is 2. The lowest BCUT2D eigenvalue weighted by molar-refractivity contribution is 0.101. The molecule has 0 aliphatic carbocycles. The number of halogens is 2. The van der Waals surface area contributed by atoms with Crippen molar-refractivity contribution in [2.45, 2.75) is 20.1 Å². The van der Waals surface area contributed by atoms with Crippen LogP contribution >= 0.6 is 0 Å². The first-order chi connectivity index (χ1) is 15.0. The number of aryl methyl sites for hydroxylation is 1. The molecule has 2 heterocycles. The van der Waals surface area contributed by atoms with Gasteiger partial charge in [-0.1, -0.05) is 23.4 Å². The highest BCUT2D eigenvalue weighted by molar-refractivity contribution is 6.02. The molecular weight excluding hydrogens is 408 g/mol. The first-order valence-corrected chi connectivity index (χ1v) is 9.27. The van der Waals surface area contributed by atoms with Crippen LogP contribution < -0.4 is 10.1 Å². The van der Waals surface area contributed by atoms with Crippen molar-refractivity contribution in [1.29, 1.82) is 0 Å². The smallest absolute Gasteiger partial charge is 0.280 e. The van der Waals surface area contributed by atoms with Crippen molar-refractivity contribution in [3.05, 3.63) is 89.1 Å². The number of amides is 1. The van der Waals surface area contributed by atoms with Gasteiger partial charge < -0.3 is 9.26 Å². The average Bonchev–Trinajstić information content (AvgIpc) is 3.35. The Morgan fingerprint density at radius 1 is 1.16 bits per heavy atom. The van der Waals surface area contributed by atoms with Crippen LogP contribution in [0.3, 0.4) is 0 Å². The molecule has 2 aromatic heterocycles. The molecule has 0 spiro atoms. The molecule has 0 aliphatic heterocycles. The Bertz CT molecular complexity index is 1200. The van der Waals surface area contributed by atoms with Crippen molar-refractivity contribution < 1.29 is 22.8 Å². The summed E-state index contributed by atoms with van der Waals surface area (Å²) in [5, 5.41) is 10.5. The normalized spacial score (nSPS) is 10.8. The molecule has 10 heteroatoms. The number of carbonyl (C=O) groups is 1. The molecular formula is C21H17F2N5O3. The third-order valence-corrected chi connectivity index (χ3v) is 4.45. The lowest BCUT2D eigenvalue weighted by Crippen LogP contribution is -2.16. The molecule has 158 valence electrons. The van der Waals surface area contributed by atoms with Gasteiger partial charge in [-0.2, -0.15) is 0 Å². The molecule has 31 heavy (non-hydrogen) atoms. The van der Waals surface area contributed by atoms with Gasteiger partial charge >= 0.3 is 0 Å². The topological polar surface area (TPSA) is 95.1 Å². The number of anilines is 1. The molecule has 0 unspecified atom stereocenters. The highest BCUT2D eigenvalue weighted by Crippen LogP contribution is 2.19. The van der Waals surface area contributed by atoms with Gasteiger partial charge in [0.1, 0.15) is 36.1 Å². The zero-order valence-electron chi connectivity index (χ0n) is 16.4. The van der Waals surface area contributed by atoms with Crippen molar-refractivity contribution in [1.82, 2.24) is 19.9 Å². The van der Waals surface area contributed by atoms with Crippen LogP contribution in [0.2, 0.25) is 0 Å². The molecule has 1 amide bonds. The summed E-state index contributed by atoms with van der Waals surface area (Å²) < 4.78 is 38.9. The fourth-order valence-electron chi connectivity index (χ4n) is 2.82. The van der Waals surface area contributed by atoms with Gasteiger partial charge in [0.2, 0.25) is 5.95 Å².